The Labute approximate surface area is 273 Å². The average Bonchev–Trinajstić information content (AvgIpc) is 3.62. The van der Waals surface area contributed by atoms with Crippen LogP contribution in [0.2, 0.25) is 0 Å². The lowest BCUT2D eigenvalue weighted by atomic mass is 9.67. The molecule has 253 valence electrons. The molecule has 13 heteroatoms. The van der Waals surface area contributed by atoms with Crippen LogP contribution in [-0.4, -0.2) is 73.9 Å². The lowest BCUT2D eigenvalue weighted by Gasteiger charge is -2.49. The maximum Gasteiger partial charge on any atom is 0.408 e. The van der Waals surface area contributed by atoms with Gasteiger partial charge in [0.2, 0.25) is 12.5 Å². The zero-order valence-corrected chi connectivity index (χ0v) is 27.7. The molecular formula is C34H41N2O11. The molecule has 0 aromatic heterocycles. The number of hydrogen-bond acceptors (Lipinski definition) is 11. The first kappa shape index (κ1) is 32.7. The molecule has 2 fully saturated rings. The second kappa shape index (κ2) is 12.1. The number of alkyl carbamates (subject to hydrolysis) is 1. The van der Waals surface area contributed by atoms with Gasteiger partial charge in [0.05, 0.1) is 26.7 Å². The predicted molar refractivity (Wildman–Crippen MR) is 164 cm³/mol. The first-order chi connectivity index (χ1) is 22.2. The van der Waals surface area contributed by atoms with Crippen LogP contribution in [0, 0.1) is 11.8 Å². The summed E-state index contributed by atoms with van der Waals surface area (Å²) in [7, 11) is 2.87. The van der Waals surface area contributed by atoms with E-state index in [1.54, 1.807) is 39.8 Å². The SMILES string of the molecule is COc1cc([C@@H]2c3cc4c(cc3CC3COC(=O)[C@@H]32)OCO4)cc(OC)c1OC(=O)[C@H](C)NC(=O)OC1CC(C)(C)N([O])C(C)(C)C1. The quantitative estimate of drug-likeness (QED) is 0.337. The highest BCUT2D eigenvalue weighted by Crippen LogP contribution is 2.52. The average molecular weight is 654 g/mol. The fourth-order valence-corrected chi connectivity index (χ4v) is 7.55. The highest BCUT2D eigenvalue weighted by atomic mass is 16.7. The van der Waals surface area contributed by atoms with Crippen LogP contribution in [0.15, 0.2) is 24.3 Å². The van der Waals surface area contributed by atoms with Gasteiger partial charge in [-0.1, -0.05) is 0 Å². The number of benzene rings is 2. The first-order valence-corrected chi connectivity index (χ1v) is 15.7. The molecule has 0 saturated carbocycles. The number of amides is 1. The van der Waals surface area contributed by atoms with E-state index in [4.69, 9.17) is 33.2 Å². The van der Waals surface area contributed by atoms with Gasteiger partial charge in [-0.2, -0.15) is 0 Å². The van der Waals surface area contributed by atoms with Crippen molar-refractivity contribution >= 4 is 18.0 Å². The number of cyclic esters (lactones) is 1. The van der Waals surface area contributed by atoms with E-state index in [1.165, 1.54) is 21.1 Å². The number of methoxy groups -OCH3 is 2. The molecule has 0 spiro atoms. The normalized spacial score (nSPS) is 24.8. The summed E-state index contributed by atoms with van der Waals surface area (Å²) in [5, 5.41) is 16.2. The van der Waals surface area contributed by atoms with Crippen molar-refractivity contribution < 1.29 is 52.7 Å². The van der Waals surface area contributed by atoms with Crippen molar-refractivity contribution in [2.75, 3.05) is 27.6 Å². The number of esters is 2. The molecule has 1 unspecified atom stereocenters. The zero-order chi connectivity index (χ0) is 33.8. The van der Waals surface area contributed by atoms with Gasteiger partial charge < -0.3 is 38.5 Å². The van der Waals surface area contributed by atoms with Crippen LogP contribution in [0.4, 0.5) is 4.79 Å². The van der Waals surface area contributed by atoms with Crippen LogP contribution < -0.4 is 29.0 Å². The Bertz CT molecular complexity index is 1540. The summed E-state index contributed by atoms with van der Waals surface area (Å²) in [6.07, 6.45) is 0.0448. The monoisotopic (exact) mass is 653 g/mol. The Morgan fingerprint density at radius 1 is 0.957 bits per heavy atom. The minimum atomic E-state index is -1.10. The molecule has 2 aromatic rings. The molecular weight excluding hydrogens is 612 g/mol. The van der Waals surface area contributed by atoms with Gasteiger partial charge in [-0.3, -0.25) is 4.79 Å². The second-order valence-corrected chi connectivity index (χ2v) is 13.9. The Morgan fingerprint density at radius 2 is 1.57 bits per heavy atom. The maximum atomic E-state index is 13.2. The van der Waals surface area contributed by atoms with Gasteiger partial charge in [0.1, 0.15) is 12.1 Å². The van der Waals surface area contributed by atoms with Gasteiger partial charge in [-0.15, -0.1) is 10.3 Å². The van der Waals surface area contributed by atoms with Crippen molar-refractivity contribution in [3.63, 3.8) is 0 Å². The maximum absolute atomic E-state index is 13.2. The zero-order valence-electron chi connectivity index (χ0n) is 27.7. The van der Waals surface area contributed by atoms with E-state index in [2.05, 4.69) is 5.32 Å². The van der Waals surface area contributed by atoms with E-state index in [9.17, 15) is 19.6 Å². The molecule has 1 amide bonds. The number of fused-ring (bicyclic) bond motifs is 3. The third kappa shape index (κ3) is 6.02. The molecule has 4 aliphatic rings. The van der Waals surface area contributed by atoms with Gasteiger partial charge in [-0.05, 0) is 82.0 Å². The van der Waals surface area contributed by atoms with Crippen molar-refractivity contribution in [3.05, 3.63) is 41.0 Å². The number of piperidine rings is 1. The van der Waals surface area contributed by atoms with E-state index >= 15 is 0 Å². The van der Waals surface area contributed by atoms with Crippen LogP contribution in [-0.2, 0) is 30.7 Å². The summed E-state index contributed by atoms with van der Waals surface area (Å²) < 4.78 is 39.5. The van der Waals surface area contributed by atoms with E-state index < -0.39 is 47.1 Å². The minimum absolute atomic E-state index is 0.0179. The van der Waals surface area contributed by atoms with Gasteiger partial charge in [0.15, 0.2) is 23.0 Å². The number of carbonyl (C=O) groups excluding carboxylic acids is 3. The standard InChI is InChI=1S/C34H41N2O11/c1-17(35-32(39)46-21-13-33(2,3)36(40)34(4,5)14-21)30(37)47-29-25(41-6)10-19(11-26(29)42-7)27-22-12-24-23(44-16-45-24)9-18(22)8-20-15-43-31(38)28(20)27/h9-12,17,20-21,27-28H,8,13-16H2,1-7H3,(H,35,39)/t17-,20?,27+,28-/m0/s1. The molecule has 4 atom stereocenters. The van der Waals surface area contributed by atoms with Crippen LogP contribution >= 0.6 is 0 Å². The molecule has 47 heavy (non-hydrogen) atoms. The number of nitrogens with zero attached hydrogens (tertiary/aromatic N) is 1. The molecule has 3 heterocycles. The number of nitrogens with one attached hydrogen (secondary N) is 1. The number of ether oxygens (including phenoxy) is 7. The summed E-state index contributed by atoms with van der Waals surface area (Å²) in [4.78, 5) is 39.1. The Morgan fingerprint density at radius 3 is 2.19 bits per heavy atom. The molecule has 1 radical (unpaired) electrons. The van der Waals surface area contributed by atoms with E-state index in [-0.39, 0.29) is 35.9 Å². The summed E-state index contributed by atoms with van der Waals surface area (Å²) >= 11 is 0. The fraction of sp³-hybridized carbons (Fsp3) is 0.559. The largest absolute Gasteiger partial charge is 0.493 e. The van der Waals surface area contributed by atoms with Crippen LogP contribution in [0.1, 0.15) is 70.1 Å². The topological polar surface area (TPSA) is 151 Å². The molecule has 2 saturated heterocycles. The second-order valence-electron chi connectivity index (χ2n) is 13.9. The van der Waals surface area contributed by atoms with Crippen molar-refractivity contribution in [2.24, 2.45) is 11.8 Å². The van der Waals surface area contributed by atoms with Crippen molar-refractivity contribution in [3.8, 4) is 28.7 Å². The highest BCUT2D eigenvalue weighted by molar-refractivity contribution is 5.84. The molecule has 2 aromatic carbocycles. The summed E-state index contributed by atoms with van der Waals surface area (Å²) in [5.41, 5.74) is 1.20. The van der Waals surface area contributed by atoms with Gasteiger partial charge in [0.25, 0.3) is 0 Å². The van der Waals surface area contributed by atoms with E-state index in [1.807, 2.05) is 12.1 Å². The summed E-state index contributed by atoms with van der Waals surface area (Å²) in [6, 6.07) is 6.21. The Kier molecular flexibility index (Phi) is 8.41. The van der Waals surface area contributed by atoms with Gasteiger partial charge in [-0.25, -0.2) is 9.59 Å². The Hall–Kier alpha value is -4.23. The fourth-order valence-electron chi connectivity index (χ4n) is 7.55. The molecule has 1 aliphatic carbocycles. The highest BCUT2D eigenvalue weighted by Gasteiger charge is 2.49. The van der Waals surface area contributed by atoms with E-state index in [0.717, 1.165) is 16.2 Å². The van der Waals surface area contributed by atoms with Crippen LogP contribution in [0.3, 0.4) is 0 Å². The number of hydroxylamine groups is 2. The van der Waals surface area contributed by atoms with Crippen molar-refractivity contribution in [2.45, 2.75) is 83.0 Å². The lowest BCUT2D eigenvalue weighted by Crippen LogP contribution is -2.60. The first-order valence-electron chi connectivity index (χ1n) is 15.7. The van der Waals surface area contributed by atoms with Gasteiger partial charge >= 0.3 is 18.0 Å². The Balaban J connectivity index is 1.22. The molecule has 6 rings (SSSR count). The van der Waals surface area contributed by atoms with Gasteiger partial charge in [0, 0.05) is 35.8 Å². The molecule has 0 bridgehead atoms. The predicted octanol–water partition coefficient (Wildman–Crippen LogP) is 4.30. The third-order valence-electron chi connectivity index (χ3n) is 9.59. The van der Waals surface area contributed by atoms with Crippen LogP contribution in [0.5, 0.6) is 28.7 Å². The lowest BCUT2D eigenvalue weighted by molar-refractivity contribution is -0.298. The number of hydrogen-bond donors (Lipinski definition) is 1. The molecule has 13 nitrogen and oxygen atoms in total. The molecule has 3 aliphatic heterocycles. The summed E-state index contributed by atoms with van der Waals surface area (Å²) in [5.74, 6) is -0.277. The minimum Gasteiger partial charge on any atom is -0.493 e. The molecule has 1 N–H and O–H groups in total. The summed E-state index contributed by atoms with van der Waals surface area (Å²) in [6.45, 7) is 9.14. The number of rotatable bonds is 7. The number of carbonyl (C=O) groups is 3. The smallest absolute Gasteiger partial charge is 0.408 e. The van der Waals surface area contributed by atoms with E-state index in [0.29, 0.717) is 42.9 Å². The van der Waals surface area contributed by atoms with Crippen molar-refractivity contribution in [1.29, 1.82) is 0 Å². The van der Waals surface area contributed by atoms with Crippen LogP contribution in [0.25, 0.3) is 0 Å². The third-order valence-corrected chi connectivity index (χ3v) is 9.59. The van der Waals surface area contributed by atoms with Crippen molar-refractivity contribution in [1.82, 2.24) is 10.4 Å².